The summed E-state index contributed by atoms with van der Waals surface area (Å²) in [5.74, 6) is -0.0375. The minimum atomic E-state index is -0.481. The summed E-state index contributed by atoms with van der Waals surface area (Å²) in [7, 11) is 0. The van der Waals surface area contributed by atoms with Crippen LogP contribution in [0.5, 0.6) is 0 Å². The van der Waals surface area contributed by atoms with Gasteiger partial charge >= 0.3 is 5.97 Å². The molecule has 1 heterocycles. The fourth-order valence-electron chi connectivity index (χ4n) is 3.40. The molecule has 0 saturated carbocycles. The molecule has 2 aromatic carbocycles. The first-order valence-corrected chi connectivity index (χ1v) is 9.98. The zero-order valence-electron chi connectivity index (χ0n) is 17.3. The summed E-state index contributed by atoms with van der Waals surface area (Å²) in [5, 5.41) is 6.65. The predicted octanol–water partition coefficient (Wildman–Crippen LogP) is 3.72. The second-order valence-corrected chi connectivity index (χ2v) is 7.15. The van der Waals surface area contributed by atoms with Crippen molar-refractivity contribution in [2.24, 2.45) is 0 Å². The van der Waals surface area contributed by atoms with Gasteiger partial charge in [-0.3, -0.25) is 9.59 Å². The average Bonchev–Trinajstić information content (AvgIpc) is 3.08. The monoisotopic (exact) mass is 406 g/mol. The van der Waals surface area contributed by atoms with Crippen LogP contribution in [0.2, 0.25) is 0 Å². The lowest BCUT2D eigenvalue weighted by molar-refractivity contribution is -0.147. The van der Waals surface area contributed by atoms with Gasteiger partial charge in [-0.25, -0.2) is 0 Å². The number of carbonyl (C=O) groups is 2. The van der Waals surface area contributed by atoms with Crippen molar-refractivity contribution in [3.8, 4) is 0 Å². The number of carbonyl (C=O) groups excluding carboxylic acids is 2. The highest BCUT2D eigenvalue weighted by Crippen LogP contribution is 2.27. The van der Waals surface area contributed by atoms with Gasteiger partial charge in [-0.2, -0.15) is 0 Å². The summed E-state index contributed by atoms with van der Waals surface area (Å²) in [6.07, 6.45) is 0.783. The molecule has 30 heavy (non-hydrogen) atoms. The molecule has 0 spiro atoms. The number of hydrogen-bond acceptors (Lipinski definition) is 5. The molecule has 0 fully saturated rings. The number of esters is 1. The van der Waals surface area contributed by atoms with Crippen molar-refractivity contribution in [3.63, 3.8) is 0 Å². The van der Waals surface area contributed by atoms with E-state index in [-0.39, 0.29) is 24.9 Å². The van der Waals surface area contributed by atoms with Gasteiger partial charge in [-0.1, -0.05) is 65.8 Å². The van der Waals surface area contributed by atoms with Gasteiger partial charge in [-0.05, 0) is 31.4 Å². The van der Waals surface area contributed by atoms with E-state index in [0.717, 1.165) is 6.42 Å². The quantitative estimate of drug-likeness (QED) is 0.548. The normalized spacial score (nSPS) is 10.8. The molecule has 1 amide bonds. The van der Waals surface area contributed by atoms with E-state index in [0.29, 0.717) is 23.6 Å². The minimum absolute atomic E-state index is 0.0402. The van der Waals surface area contributed by atoms with Crippen LogP contribution < -0.4 is 5.32 Å². The average molecular weight is 406 g/mol. The van der Waals surface area contributed by atoms with E-state index in [4.69, 9.17) is 9.26 Å². The fourth-order valence-corrected chi connectivity index (χ4v) is 3.40. The molecule has 0 aliphatic heterocycles. The summed E-state index contributed by atoms with van der Waals surface area (Å²) in [6, 6.07) is 20.4. The Morgan fingerprint density at radius 2 is 1.60 bits per heavy atom. The van der Waals surface area contributed by atoms with Crippen LogP contribution >= 0.6 is 0 Å². The van der Waals surface area contributed by atoms with Gasteiger partial charge in [0.15, 0.2) is 6.61 Å². The molecule has 0 saturated heterocycles. The van der Waals surface area contributed by atoms with Gasteiger partial charge < -0.3 is 14.6 Å². The Bertz CT molecular complexity index is 908. The van der Waals surface area contributed by atoms with Crippen LogP contribution in [0.15, 0.2) is 65.2 Å². The third-order valence-electron chi connectivity index (χ3n) is 5.03. The van der Waals surface area contributed by atoms with E-state index in [1.807, 2.05) is 36.4 Å². The van der Waals surface area contributed by atoms with Crippen LogP contribution in [0.4, 0.5) is 0 Å². The van der Waals surface area contributed by atoms with Crippen LogP contribution in [0.3, 0.4) is 0 Å². The zero-order valence-corrected chi connectivity index (χ0v) is 17.3. The van der Waals surface area contributed by atoms with E-state index in [9.17, 15) is 9.59 Å². The van der Waals surface area contributed by atoms with Gasteiger partial charge in [-0.15, -0.1) is 0 Å². The molecule has 6 heteroatoms. The summed E-state index contributed by atoms with van der Waals surface area (Å²) in [5.41, 5.74) is 3.75. The number of hydrogen-bond donors (Lipinski definition) is 1. The van der Waals surface area contributed by atoms with Crippen molar-refractivity contribution in [2.75, 3.05) is 13.2 Å². The van der Waals surface area contributed by atoms with E-state index in [1.165, 1.54) is 11.1 Å². The first-order chi connectivity index (χ1) is 14.5. The van der Waals surface area contributed by atoms with Crippen molar-refractivity contribution in [2.45, 2.75) is 32.6 Å². The van der Waals surface area contributed by atoms with Gasteiger partial charge in [0.05, 0.1) is 12.1 Å². The Labute approximate surface area is 176 Å². The van der Waals surface area contributed by atoms with E-state index < -0.39 is 5.97 Å². The second kappa shape index (κ2) is 10.4. The van der Waals surface area contributed by atoms with Crippen LogP contribution in [-0.4, -0.2) is 30.2 Å². The number of aromatic nitrogens is 1. The fraction of sp³-hybridized carbons (Fsp3) is 0.292. The number of amides is 1. The minimum Gasteiger partial charge on any atom is -0.455 e. The molecule has 156 valence electrons. The maximum atomic E-state index is 12.1. The van der Waals surface area contributed by atoms with Crippen molar-refractivity contribution < 1.29 is 18.8 Å². The summed E-state index contributed by atoms with van der Waals surface area (Å²) in [6.45, 7) is 3.69. The van der Waals surface area contributed by atoms with Crippen LogP contribution in [-0.2, 0) is 20.7 Å². The number of aryl methyl sites for hydroxylation is 2. The van der Waals surface area contributed by atoms with Crippen LogP contribution in [0.1, 0.15) is 40.5 Å². The van der Waals surface area contributed by atoms with Gasteiger partial charge in [0.2, 0.25) is 0 Å². The first kappa shape index (κ1) is 21.3. The summed E-state index contributed by atoms with van der Waals surface area (Å²) >= 11 is 0. The molecule has 0 bridgehead atoms. The SMILES string of the molecule is Cc1noc(C)c1CC(=O)OCC(=O)NCCC(c1ccccc1)c1ccccc1. The van der Waals surface area contributed by atoms with Crippen molar-refractivity contribution >= 4 is 11.9 Å². The molecule has 0 radical (unpaired) electrons. The van der Waals surface area contributed by atoms with Gasteiger partial charge in [0, 0.05) is 18.0 Å². The van der Waals surface area contributed by atoms with Crippen molar-refractivity contribution in [1.29, 1.82) is 0 Å². The Hall–Kier alpha value is -3.41. The van der Waals surface area contributed by atoms with Crippen LogP contribution in [0, 0.1) is 13.8 Å². The summed E-state index contributed by atoms with van der Waals surface area (Å²) < 4.78 is 10.1. The molecule has 0 atom stereocenters. The Morgan fingerprint density at radius 3 is 2.13 bits per heavy atom. The number of rotatable bonds is 9. The molecule has 1 aromatic heterocycles. The number of ether oxygens (including phenoxy) is 1. The lowest BCUT2D eigenvalue weighted by atomic mass is 9.88. The Balaban J connectivity index is 1.48. The lowest BCUT2D eigenvalue weighted by Crippen LogP contribution is -2.30. The molecule has 0 aliphatic rings. The zero-order chi connectivity index (χ0) is 21.3. The molecule has 3 rings (SSSR count). The van der Waals surface area contributed by atoms with Crippen molar-refractivity contribution in [3.05, 3.63) is 88.8 Å². The Morgan fingerprint density at radius 1 is 1.00 bits per heavy atom. The third kappa shape index (κ3) is 5.80. The highest BCUT2D eigenvalue weighted by molar-refractivity contribution is 5.81. The summed E-state index contributed by atoms with van der Waals surface area (Å²) in [4.78, 5) is 24.1. The van der Waals surface area contributed by atoms with Crippen molar-refractivity contribution in [1.82, 2.24) is 10.5 Å². The second-order valence-electron chi connectivity index (χ2n) is 7.15. The number of nitrogens with zero attached hydrogens (tertiary/aromatic N) is 1. The molecule has 0 aliphatic carbocycles. The molecular weight excluding hydrogens is 380 g/mol. The maximum absolute atomic E-state index is 12.1. The number of nitrogens with one attached hydrogen (secondary N) is 1. The first-order valence-electron chi connectivity index (χ1n) is 9.98. The topological polar surface area (TPSA) is 81.4 Å². The largest absolute Gasteiger partial charge is 0.455 e. The highest BCUT2D eigenvalue weighted by Gasteiger charge is 2.17. The standard InChI is InChI=1S/C24H26N2O4/c1-17-22(18(2)30-26-17)15-24(28)29-16-23(27)25-14-13-21(19-9-5-3-6-10-19)20-11-7-4-8-12-20/h3-12,21H,13-16H2,1-2H3,(H,25,27). The highest BCUT2D eigenvalue weighted by atomic mass is 16.5. The van der Waals surface area contributed by atoms with Gasteiger partial charge in [0.1, 0.15) is 5.76 Å². The van der Waals surface area contributed by atoms with Crippen LogP contribution in [0.25, 0.3) is 0 Å². The predicted molar refractivity (Wildman–Crippen MR) is 113 cm³/mol. The third-order valence-corrected chi connectivity index (χ3v) is 5.03. The molecule has 3 aromatic rings. The molecule has 1 N–H and O–H groups in total. The molecule has 6 nitrogen and oxygen atoms in total. The Kier molecular flexibility index (Phi) is 7.38. The van der Waals surface area contributed by atoms with E-state index in [2.05, 4.69) is 34.7 Å². The van der Waals surface area contributed by atoms with E-state index >= 15 is 0 Å². The molecular formula is C24H26N2O4. The van der Waals surface area contributed by atoms with Gasteiger partial charge in [0.25, 0.3) is 5.91 Å². The smallest absolute Gasteiger partial charge is 0.310 e. The molecule has 0 unspecified atom stereocenters. The van der Waals surface area contributed by atoms with E-state index in [1.54, 1.807) is 13.8 Å². The lowest BCUT2D eigenvalue weighted by Gasteiger charge is -2.18. The maximum Gasteiger partial charge on any atom is 0.310 e. The number of benzene rings is 2.